The number of aromatic amines is 3. The van der Waals surface area contributed by atoms with Crippen molar-refractivity contribution in [1.29, 1.82) is 0 Å². The van der Waals surface area contributed by atoms with Crippen molar-refractivity contribution in [2.45, 2.75) is 153 Å². The fourth-order valence-electron chi connectivity index (χ4n) is 14.6. The zero-order chi connectivity index (χ0) is 88.0. The average Bonchev–Trinajstić information content (AvgIpc) is 1.56. The molecule has 9 atom stereocenters. The summed E-state index contributed by atoms with van der Waals surface area (Å²) in [5, 5.41) is 38.1. The van der Waals surface area contributed by atoms with Gasteiger partial charge in [-0.15, -0.1) is 0 Å². The number of esters is 1. The molecule has 8 bridgehead atoms. The van der Waals surface area contributed by atoms with Gasteiger partial charge in [-0.25, -0.2) is 24.1 Å². The van der Waals surface area contributed by atoms with Gasteiger partial charge in [-0.1, -0.05) is 78.8 Å². The number of anilines is 2. The Bertz CT molecular complexity index is 5760. The number of fused-ring (bicyclic) bond motifs is 9. The molecule has 8 aromatic rings. The smallest absolute Gasteiger partial charge is 0.452 e. The Labute approximate surface area is 705 Å². The molecule has 5 aromatic heterocycles. The van der Waals surface area contributed by atoms with Crippen LogP contribution in [0.3, 0.4) is 0 Å². The van der Waals surface area contributed by atoms with Gasteiger partial charge in [-0.05, 0) is 124 Å². The summed E-state index contributed by atoms with van der Waals surface area (Å²) in [5.74, 6) is -15.4. The Balaban J connectivity index is 0.742. The number of hydrogen-bond acceptors (Lipinski definition) is 27. The monoisotopic (exact) mass is 1750 g/mol. The molecule has 37 nitrogen and oxygen atoms in total. The van der Waals surface area contributed by atoms with Crippen LogP contribution in [0.1, 0.15) is 185 Å². The molecule has 0 saturated heterocycles. The number of methoxy groups -OCH3 is 1. The molecule has 6 amide bonds. The fraction of sp³-hybridized carbons (Fsp3) is 0.370. The highest BCUT2D eigenvalue weighted by Gasteiger charge is 2.47. The van der Waals surface area contributed by atoms with E-state index in [1.54, 1.807) is 43.3 Å². The molecule has 2 aliphatic heterocycles. The quantitative estimate of drug-likeness (QED) is 0.00330. The van der Waals surface area contributed by atoms with Crippen LogP contribution in [0.5, 0.6) is 11.5 Å². The second-order valence-corrected chi connectivity index (χ2v) is 35.6. The first kappa shape index (κ1) is 90.4. The van der Waals surface area contributed by atoms with Crippen LogP contribution in [0.2, 0.25) is 0 Å². The predicted molar refractivity (Wildman–Crippen MR) is 452 cm³/mol. The SMILES string of the molecule is CC[C@H]1c2cc3[nH]c4c(c3C)C(=O)C(C(=O)OC)c4c3nc(cc4[nH]c(cc(n2)[C@@H]1C)c(C(C)=O)c4C)[C@@H](C)[C@@H]3CCC(=O)NC(CCC(=O)NCCSSC[C@H](NC(=O)[C@H](CC(=O)NCCS(=O)(=O)O)NC(=O)CC[C@H](NC(=O)c1ccc(NCc2cnc3nc(N)[nH]c(=O)c3n2)cc1)C(=O)O)C(=O)O)P(=O)(Oc1ccccc1)Oc1ccccc1. The number of para-hydroxylation sites is 2. The Morgan fingerprint density at radius 2 is 1.30 bits per heavy atom. The van der Waals surface area contributed by atoms with Gasteiger partial charge in [0.25, 0.3) is 21.6 Å². The highest BCUT2D eigenvalue weighted by molar-refractivity contribution is 8.76. The largest absolute Gasteiger partial charge is 0.480 e. The number of ketones is 2. The van der Waals surface area contributed by atoms with Gasteiger partial charge in [0.15, 0.2) is 28.5 Å². The summed E-state index contributed by atoms with van der Waals surface area (Å²) in [6, 6.07) is 22.2. The molecule has 0 spiro atoms. The molecule has 3 aromatic carbocycles. The van der Waals surface area contributed by atoms with E-state index in [2.05, 4.69) is 81.0 Å². The summed E-state index contributed by atoms with van der Waals surface area (Å²) in [6.45, 7) is 10.6. The Morgan fingerprint density at radius 3 is 1.94 bits per heavy atom. The number of carboxylic acid groups (broad SMARTS) is 2. The van der Waals surface area contributed by atoms with Crippen LogP contribution in [-0.2, 0) is 64.3 Å². The number of Topliss-reactive ketones (excluding diaryl/α,β-unsaturated/α-hetero) is 2. The molecule has 15 N–H and O–H groups in total. The number of amides is 6. The second-order valence-electron chi connectivity index (χ2n) is 29.3. The molecular weight excluding hydrogens is 1660 g/mol. The first-order chi connectivity index (χ1) is 58.1. The summed E-state index contributed by atoms with van der Waals surface area (Å²) < 4.78 is 65.6. The maximum absolute atomic E-state index is 15.7. The molecule has 7 heterocycles. The normalized spacial score (nSPS) is 16.4. The zero-order valence-electron chi connectivity index (χ0n) is 67.2. The Hall–Kier alpha value is -12.4. The number of nitrogens with one attached hydrogen (secondary N) is 10. The van der Waals surface area contributed by atoms with Crippen molar-refractivity contribution in [3.05, 3.63) is 182 Å². The van der Waals surface area contributed by atoms with E-state index in [9.17, 15) is 80.7 Å². The number of hydrogen-bond donors (Lipinski definition) is 14. The summed E-state index contributed by atoms with van der Waals surface area (Å²) in [7, 11) is -6.02. The third kappa shape index (κ3) is 22.2. The van der Waals surface area contributed by atoms with E-state index in [1.807, 2.05) is 32.0 Å². The van der Waals surface area contributed by atoms with Crippen LogP contribution in [-0.4, -0.2) is 189 Å². The number of nitrogen functional groups attached to an aromatic ring is 1. The molecule has 3 aliphatic rings. The molecule has 644 valence electrons. The molecule has 0 radical (unpaired) electrons. The lowest BCUT2D eigenvalue weighted by Gasteiger charge is -2.28. The first-order valence-corrected chi connectivity index (χ1v) is 44.6. The lowest BCUT2D eigenvalue weighted by molar-refractivity contribution is -0.142. The van der Waals surface area contributed by atoms with Crippen LogP contribution in [0.4, 0.5) is 11.6 Å². The third-order valence-electron chi connectivity index (χ3n) is 21.0. The van der Waals surface area contributed by atoms with Crippen molar-refractivity contribution >= 4 is 149 Å². The molecule has 41 heteroatoms. The minimum Gasteiger partial charge on any atom is -0.480 e. The minimum absolute atomic E-state index is 0.00848. The van der Waals surface area contributed by atoms with E-state index in [0.29, 0.717) is 61.5 Å². The zero-order valence-corrected chi connectivity index (χ0v) is 70.5. The lowest BCUT2D eigenvalue weighted by atomic mass is 9.84. The van der Waals surface area contributed by atoms with Gasteiger partial charge in [0.05, 0.1) is 54.4 Å². The van der Waals surface area contributed by atoms with Crippen LogP contribution in [0.15, 0.2) is 114 Å². The van der Waals surface area contributed by atoms with Gasteiger partial charge in [-0.2, -0.15) is 13.4 Å². The number of nitrogens with zero attached hydrogens (tertiary/aromatic N) is 5. The number of benzene rings is 3. The third-order valence-corrected chi connectivity index (χ3v) is 26.2. The number of carboxylic acids is 2. The molecule has 0 saturated carbocycles. The van der Waals surface area contributed by atoms with Crippen molar-refractivity contribution < 1.29 is 94.3 Å². The van der Waals surface area contributed by atoms with Gasteiger partial charge in [0.1, 0.15) is 35.5 Å². The van der Waals surface area contributed by atoms with Gasteiger partial charge in [0, 0.05) is 124 Å². The van der Waals surface area contributed by atoms with Crippen molar-refractivity contribution in [2.75, 3.05) is 48.5 Å². The standard InChI is InChI=1S/C81H91N16O21PS3/c1-8-50-40(2)53-35-58-66(44(6)98)42(4)55(89-58)33-54-41(3)51(70(91-54)68-69(80(111)116-7)73(103)67-43(5)56(92-71(67)68)34-57(50)88-53)23-25-63(101)95-65(119(112,117-48-15-11-9-12-16-48)118-49-17-13-10-14-18-49)28-27-61(99)83-29-31-120-121-39-60(79(109)110)94-76(105)59(36-64(102)84-30-32-122(113,114)115)90-62(100)26-24-52(78(107)108)93-75(104)45-19-21-46(22-20-45)85-37-47-38-86-74-72(87-47)77(106)97-81(82)96-74/h9-22,33-35,38,40-41,50-52,59-60,65,69,85,89,92H,8,23-32,36-37,39H2,1-7H3,(H,83,99)(H,84,102)(H,90,100)(H,93,104)(H,94,105)(H,95,101)(H,107,108)(H,109,110)(H,113,114,115)(H3,82,86,96,97,106)/t40-,41+,50-,51+,52+,59+,60+,65?,69?/m1/s1. The summed E-state index contributed by atoms with van der Waals surface area (Å²) >= 11 is 0. The van der Waals surface area contributed by atoms with Crippen molar-refractivity contribution in [1.82, 2.24) is 71.8 Å². The number of rotatable bonds is 39. The second kappa shape index (κ2) is 39.9. The lowest BCUT2D eigenvalue weighted by Crippen LogP contribution is -2.54. The fourth-order valence-corrected chi connectivity index (χ4v) is 18.9. The molecule has 122 heavy (non-hydrogen) atoms. The minimum atomic E-state index is -4.64. The van der Waals surface area contributed by atoms with E-state index in [1.165, 1.54) is 68.8 Å². The van der Waals surface area contributed by atoms with E-state index in [0.717, 1.165) is 39.4 Å². The van der Waals surface area contributed by atoms with E-state index in [4.69, 9.17) is 29.5 Å². The van der Waals surface area contributed by atoms with E-state index >= 15 is 4.57 Å². The Morgan fingerprint density at radius 1 is 0.672 bits per heavy atom. The van der Waals surface area contributed by atoms with Gasteiger partial charge >= 0.3 is 25.5 Å². The number of carbonyl (C=O) groups excluding carboxylic acids is 9. The van der Waals surface area contributed by atoms with Crippen LogP contribution >= 0.6 is 29.2 Å². The first-order valence-electron chi connectivity index (χ1n) is 38.8. The molecule has 1 aliphatic carbocycles. The van der Waals surface area contributed by atoms with Crippen molar-refractivity contribution in [2.24, 2.45) is 0 Å². The van der Waals surface area contributed by atoms with Crippen LogP contribution in [0.25, 0.3) is 33.2 Å². The maximum Gasteiger partial charge on any atom is 0.452 e. The highest BCUT2D eigenvalue weighted by atomic mass is 33.1. The van der Waals surface area contributed by atoms with Crippen molar-refractivity contribution in [3.63, 3.8) is 0 Å². The Kier molecular flexibility index (Phi) is 29.5. The number of ether oxygens (including phenoxy) is 1. The van der Waals surface area contributed by atoms with Gasteiger partial charge in [0.2, 0.25) is 35.5 Å². The number of H-pyrrole nitrogens is 3. The number of aromatic nitrogens is 8. The highest BCUT2D eigenvalue weighted by Crippen LogP contribution is 2.54. The topological polar surface area (TPSA) is 566 Å². The summed E-state index contributed by atoms with van der Waals surface area (Å²) in [5.41, 5.74) is 12.5. The number of carbonyl (C=O) groups is 11. The number of aliphatic carboxylic acids is 2. The molecule has 11 rings (SSSR count). The molecular formula is C81H91N16O21PS3. The van der Waals surface area contributed by atoms with Crippen LogP contribution < -0.4 is 57.6 Å². The average molecular weight is 1750 g/mol. The summed E-state index contributed by atoms with van der Waals surface area (Å²) in [6.07, 6.45) is -1.06. The van der Waals surface area contributed by atoms with Gasteiger partial charge in [-0.3, -0.25) is 67.5 Å². The van der Waals surface area contributed by atoms with Crippen LogP contribution in [0, 0.1) is 13.8 Å². The maximum atomic E-state index is 15.7. The molecule has 2 unspecified atom stereocenters. The van der Waals surface area contributed by atoms with Crippen molar-refractivity contribution in [3.8, 4) is 11.5 Å². The summed E-state index contributed by atoms with van der Waals surface area (Å²) in [4.78, 5) is 194. The molecule has 0 fully saturated rings. The van der Waals surface area contributed by atoms with Gasteiger partial charge < -0.3 is 76.9 Å². The number of nitrogens with two attached hydrogens (primary N) is 1. The van der Waals surface area contributed by atoms with E-state index < -0.39 is 156 Å². The van der Waals surface area contributed by atoms with E-state index in [-0.39, 0.29) is 113 Å². The predicted octanol–water partition coefficient (Wildman–Crippen LogP) is 7.96. The number of aryl methyl sites for hydroxylation is 2.